The number of aliphatic hydroxyl groups is 1. The van der Waals surface area contributed by atoms with Gasteiger partial charge in [-0.25, -0.2) is 4.79 Å². The van der Waals surface area contributed by atoms with Crippen LogP contribution in [0.5, 0.6) is 0 Å². The summed E-state index contributed by atoms with van der Waals surface area (Å²) in [5.74, 6) is -0.199. The number of alkyl carbamates (subject to hydrolysis) is 1. The molecule has 1 saturated carbocycles. The second-order valence-corrected chi connectivity index (χ2v) is 30.2. The van der Waals surface area contributed by atoms with Crippen molar-refractivity contribution in [2.45, 2.75) is 174 Å². The quantitative estimate of drug-likeness (QED) is 0.228. The van der Waals surface area contributed by atoms with E-state index in [2.05, 4.69) is 93.8 Å². The lowest BCUT2D eigenvalue weighted by Gasteiger charge is -2.54. The molecule has 0 heterocycles. The highest BCUT2D eigenvalue weighted by Gasteiger charge is 2.55. The highest BCUT2D eigenvalue weighted by molar-refractivity contribution is 6.75. The van der Waals surface area contributed by atoms with Crippen LogP contribution < -0.4 is 5.32 Å². The normalized spacial score (nSPS) is 25.6. The highest BCUT2D eigenvalue weighted by Crippen LogP contribution is 2.45. The summed E-state index contributed by atoms with van der Waals surface area (Å²) in [6.07, 6.45) is -1.07. The third-order valence-corrected chi connectivity index (χ3v) is 23.4. The summed E-state index contributed by atoms with van der Waals surface area (Å²) < 4.78 is 27.4. The number of hydrogen-bond acceptors (Lipinski definition) is 6. The second kappa shape index (κ2) is 13.6. The molecular weight excluding hydrogens is 555 g/mol. The second-order valence-electron chi connectivity index (χ2n) is 15.9. The number of carbonyl (C=O) groups excluding carboxylic acids is 1. The van der Waals surface area contributed by atoms with Crippen molar-refractivity contribution in [1.82, 2.24) is 5.32 Å². The fourth-order valence-corrected chi connectivity index (χ4v) is 10.4. The number of hydrogen-bond donors (Lipinski definition) is 2. The Labute approximate surface area is 250 Å². The van der Waals surface area contributed by atoms with E-state index in [4.69, 9.17) is 18.0 Å². The molecule has 238 valence electrons. The molecule has 0 spiro atoms. The maximum Gasteiger partial charge on any atom is 0.407 e. The molecule has 1 fully saturated rings. The molecule has 1 aliphatic carbocycles. The third kappa shape index (κ3) is 9.64. The molecule has 10 heteroatoms. The zero-order chi connectivity index (χ0) is 31.5. The van der Waals surface area contributed by atoms with Crippen LogP contribution >= 0.6 is 0 Å². The van der Waals surface area contributed by atoms with Crippen molar-refractivity contribution in [2.75, 3.05) is 6.61 Å². The lowest BCUT2D eigenvalue weighted by molar-refractivity contribution is -0.113. The topological polar surface area (TPSA) is 86.3 Å². The molecule has 1 amide bonds. The molecule has 40 heavy (non-hydrogen) atoms. The van der Waals surface area contributed by atoms with Crippen LogP contribution in [0.25, 0.3) is 0 Å². The Morgan fingerprint density at radius 3 is 1.52 bits per heavy atom. The smallest absolute Gasteiger partial charge is 0.407 e. The fourth-order valence-electron chi connectivity index (χ4n) is 4.83. The number of rotatable bonds is 11. The predicted octanol–water partition coefficient (Wildman–Crippen LogP) is 8.06. The number of amides is 1. The van der Waals surface area contributed by atoms with Gasteiger partial charge in [-0.3, -0.25) is 0 Å². The maximum atomic E-state index is 13.1. The Hall–Kier alpha value is -0.239. The van der Waals surface area contributed by atoms with Gasteiger partial charge in [0.15, 0.2) is 25.0 Å². The van der Waals surface area contributed by atoms with Crippen LogP contribution in [0.15, 0.2) is 0 Å². The maximum absolute atomic E-state index is 13.1. The van der Waals surface area contributed by atoms with Crippen molar-refractivity contribution < 1.29 is 27.9 Å². The van der Waals surface area contributed by atoms with Crippen LogP contribution in [0.3, 0.4) is 0 Å². The number of aliphatic hydroxyl groups excluding tert-OH is 1. The van der Waals surface area contributed by atoms with Crippen LogP contribution in [0.1, 0.15) is 89.5 Å². The standard InChI is InChI=1S/C30H65NO6Si3/c1-17-40(18-2,19-3)37-26-24(35-38(13,14)29(7,8)9)22(21-32)20-23(31-27(33)34-28(4,5)6)25(26)36-39(15,16)30(10,11)12/h22-26,32H,17-21H2,1-16H3,(H,31,33)/t22-,23-,24+,25+,26-/m1/s1. The Morgan fingerprint density at radius 2 is 1.18 bits per heavy atom. The van der Waals surface area contributed by atoms with Crippen molar-refractivity contribution >= 4 is 31.0 Å². The Balaban J connectivity index is 3.81. The Bertz CT molecular complexity index is 803. The third-order valence-electron chi connectivity index (χ3n) is 9.80. The summed E-state index contributed by atoms with van der Waals surface area (Å²) in [5, 5.41) is 13.9. The predicted molar refractivity (Wildman–Crippen MR) is 175 cm³/mol. The van der Waals surface area contributed by atoms with Crippen LogP contribution in [0.2, 0.25) is 54.4 Å². The minimum absolute atomic E-state index is 0.00621. The van der Waals surface area contributed by atoms with Crippen molar-refractivity contribution in [1.29, 1.82) is 0 Å². The van der Waals surface area contributed by atoms with E-state index in [1.807, 2.05) is 20.8 Å². The van der Waals surface area contributed by atoms with E-state index in [0.717, 1.165) is 18.1 Å². The molecule has 0 bridgehead atoms. The van der Waals surface area contributed by atoms with Gasteiger partial charge in [0.05, 0.1) is 24.4 Å². The lowest BCUT2D eigenvalue weighted by atomic mass is 9.80. The summed E-state index contributed by atoms with van der Waals surface area (Å²) >= 11 is 0. The first-order chi connectivity index (χ1) is 17.9. The Morgan fingerprint density at radius 1 is 0.750 bits per heavy atom. The van der Waals surface area contributed by atoms with Crippen molar-refractivity contribution in [3.8, 4) is 0 Å². The van der Waals surface area contributed by atoms with E-state index >= 15 is 0 Å². The molecule has 0 saturated heterocycles. The summed E-state index contributed by atoms with van der Waals surface area (Å²) in [5.41, 5.74) is -0.622. The van der Waals surface area contributed by atoms with Crippen LogP contribution in [0.4, 0.5) is 4.79 Å². The first-order valence-corrected chi connectivity index (χ1v) is 23.9. The van der Waals surface area contributed by atoms with Gasteiger partial charge >= 0.3 is 6.09 Å². The van der Waals surface area contributed by atoms with Gasteiger partial charge in [0.1, 0.15) is 5.60 Å². The molecule has 1 aliphatic rings. The largest absolute Gasteiger partial charge is 0.444 e. The monoisotopic (exact) mass is 619 g/mol. The molecular formula is C30H65NO6Si3. The van der Waals surface area contributed by atoms with Crippen LogP contribution in [-0.2, 0) is 18.0 Å². The fraction of sp³-hybridized carbons (Fsp3) is 0.967. The van der Waals surface area contributed by atoms with E-state index in [1.54, 1.807) is 0 Å². The summed E-state index contributed by atoms with van der Waals surface area (Å²) in [4.78, 5) is 13.1. The molecule has 0 unspecified atom stereocenters. The molecule has 0 aromatic rings. The van der Waals surface area contributed by atoms with Gasteiger partial charge in [-0.15, -0.1) is 0 Å². The first-order valence-electron chi connectivity index (χ1n) is 15.5. The molecule has 0 aromatic heterocycles. The van der Waals surface area contributed by atoms with E-state index in [-0.39, 0.29) is 34.7 Å². The summed E-state index contributed by atoms with van der Waals surface area (Å²) in [6.45, 7) is 34.7. The number of ether oxygens (including phenoxy) is 1. The SMILES string of the molecule is CC[Si](CC)(CC)O[C@H]1[C@@H](O[Si](C)(C)C(C)(C)C)[C@H](NC(=O)OC(C)(C)C)C[C@H](CO)[C@@H]1O[Si](C)(C)C(C)(C)C. The van der Waals surface area contributed by atoms with Gasteiger partial charge in [-0.2, -0.15) is 0 Å². The van der Waals surface area contributed by atoms with Gasteiger partial charge in [-0.05, 0) is 81.6 Å². The number of carbonyl (C=O) groups is 1. The van der Waals surface area contributed by atoms with Crippen LogP contribution in [-0.4, -0.2) is 72.7 Å². The van der Waals surface area contributed by atoms with Gasteiger partial charge in [0.25, 0.3) is 0 Å². The molecule has 7 nitrogen and oxygen atoms in total. The summed E-state index contributed by atoms with van der Waals surface area (Å²) in [7, 11) is -6.68. The first kappa shape index (κ1) is 37.8. The average molecular weight is 620 g/mol. The zero-order valence-electron chi connectivity index (χ0n) is 28.9. The Kier molecular flexibility index (Phi) is 12.8. The van der Waals surface area contributed by atoms with Gasteiger partial charge in [-0.1, -0.05) is 62.3 Å². The van der Waals surface area contributed by atoms with Gasteiger partial charge in [0.2, 0.25) is 0 Å². The van der Waals surface area contributed by atoms with Gasteiger partial charge in [0, 0.05) is 12.5 Å². The molecule has 1 rings (SSSR count). The number of nitrogens with one attached hydrogen (secondary N) is 1. The molecule has 5 atom stereocenters. The minimum atomic E-state index is -2.30. The summed E-state index contributed by atoms with van der Waals surface area (Å²) in [6, 6.07) is 2.60. The van der Waals surface area contributed by atoms with E-state index in [0.29, 0.717) is 6.42 Å². The zero-order valence-corrected chi connectivity index (χ0v) is 31.9. The molecule has 2 N–H and O–H groups in total. The average Bonchev–Trinajstić information content (AvgIpc) is 2.77. The van der Waals surface area contributed by atoms with Crippen molar-refractivity contribution in [2.24, 2.45) is 5.92 Å². The van der Waals surface area contributed by atoms with E-state index < -0.39 is 48.9 Å². The minimum Gasteiger partial charge on any atom is -0.444 e. The molecule has 0 aromatic carbocycles. The van der Waals surface area contributed by atoms with E-state index in [1.165, 1.54) is 0 Å². The van der Waals surface area contributed by atoms with Crippen LogP contribution in [0, 0.1) is 5.92 Å². The lowest BCUT2D eigenvalue weighted by Crippen LogP contribution is -2.68. The van der Waals surface area contributed by atoms with Gasteiger partial charge < -0.3 is 28.4 Å². The molecule has 0 radical (unpaired) electrons. The van der Waals surface area contributed by atoms with Crippen molar-refractivity contribution in [3.63, 3.8) is 0 Å². The van der Waals surface area contributed by atoms with E-state index in [9.17, 15) is 9.90 Å². The molecule has 0 aliphatic heterocycles. The van der Waals surface area contributed by atoms with Crippen molar-refractivity contribution in [3.05, 3.63) is 0 Å². The highest BCUT2D eigenvalue weighted by atomic mass is 28.4.